The number of fused-ring (bicyclic) bond motifs is 1. The fraction of sp³-hybridized carbons (Fsp3) is 0.462. The smallest absolute Gasteiger partial charge is 0.321 e. The van der Waals surface area contributed by atoms with Crippen LogP contribution in [0.4, 0.5) is 10.5 Å². The molecule has 3 amide bonds. The Morgan fingerprint density at radius 2 is 1.64 bits per heavy atom. The van der Waals surface area contributed by atoms with Crippen molar-refractivity contribution in [2.24, 2.45) is 11.3 Å². The summed E-state index contributed by atoms with van der Waals surface area (Å²) in [6.07, 6.45) is 5.61. The average molecular weight is 531 g/mol. The van der Waals surface area contributed by atoms with Crippen LogP contribution in [0, 0.1) is 11.3 Å². The van der Waals surface area contributed by atoms with Crippen LogP contribution in [0.15, 0.2) is 46.9 Å². The SMILES string of the molecule is O=C(CC1Cc2ccccc2C1)N1CCC2(CC1)CCN(C(=O)Nc1ccc(Br)cc1Cl)C2. The molecule has 1 spiro atoms. The van der Waals surface area contributed by atoms with Crippen LogP contribution < -0.4 is 5.32 Å². The summed E-state index contributed by atoms with van der Waals surface area (Å²) >= 11 is 9.64. The molecule has 0 bridgehead atoms. The number of hydrogen-bond acceptors (Lipinski definition) is 2. The van der Waals surface area contributed by atoms with Crippen molar-refractivity contribution in [1.82, 2.24) is 9.80 Å². The molecule has 1 N–H and O–H groups in total. The molecule has 0 radical (unpaired) electrons. The molecule has 7 heteroatoms. The highest BCUT2D eigenvalue weighted by molar-refractivity contribution is 9.10. The number of benzene rings is 2. The zero-order valence-electron chi connectivity index (χ0n) is 18.7. The lowest BCUT2D eigenvalue weighted by molar-refractivity contribution is -0.134. The fourth-order valence-electron chi connectivity index (χ4n) is 5.70. The Hall–Kier alpha value is -2.05. The molecular weight excluding hydrogens is 502 g/mol. The second kappa shape index (κ2) is 9.30. The van der Waals surface area contributed by atoms with Crippen molar-refractivity contribution in [3.8, 4) is 0 Å². The monoisotopic (exact) mass is 529 g/mol. The van der Waals surface area contributed by atoms with E-state index in [4.69, 9.17) is 11.6 Å². The maximum atomic E-state index is 13.0. The number of likely N-dealkylation sites (tertiary alicyclic amines) is 2. The highest BCUT2D eigenvalue weighted by atomic mass is 79.9. The first-order valence-electron chi connectivity index (χ1n) is 11.8. The lowest BCUT2D eigenvalue weighted by Gasteiger charge is -2.39. The van der Waals surface area contributed by atoms with Gasteiger partial charge in [-0.1, -0.05) is 51.8 Å². The minimum atomic E-state index is -0.101. The van der Waals surface area contributed by atoms with Gasteiger partial charge in [0.25, 0.3) is 0 Å². The molecule has 2 aromatic rings. The number of anilines is 1. The van der Waals surface area contributed by atoms with E-state index in [0.717, 1.165) is 62.8 Å². The highest BCUT2D eigenvalue weighted by Crippen LogP contribution is 2.41. The third-order valence-electron chi connectivity index (χ3n) is 7.67. The second-order valence-electron chi connectivity index (χ2n) is 9.85. The van der Waals surface area contributed by atoms with Crippen LogP contribution in [0.25, 0.3) is 0 Å². The molecule has 2 aromatic carbocycles. The maximum absolute atomic E-state index is 13.0. The average Bonchev–Trinajstić information content (AvgIpc) is 3.40. The highest BCUT2D eigenvalue weighted by Gasteiger charge is 2.43. The van der Waals surface area contributed by atoms with Crippen molar-refractivity contribution in [3.05, 3.63) is 63.1 Å². The van der Waals surface area contributed by atoms with Crippen molar-refractivity contribution < 1.29 is 9.59 Å². The summed E-state index contributed by atoms with van der Waals surface area (Å²) in [5.41, 5.74) is 3.56. The molecule has 0 saturated carbocycles. The summed E-state index contributed by atoms with van der Waals surface area (Å²) < 4.78 is 0.879. The molecule has 0 unspecified atom stereocenters. The van der Waals surface area contributed by atoms with Gasteiger partial charge in [-0.15, -0.1) is 0 Å². The lowest BCUT2D eigenvalue weighted by atomic mass is 9.77. The van der Waals surface area contributed by atoms with Crippen molar-refractivity contribution >= 4 is 45.2 Å². The van der Waals surface area contributed by atoms with Crippen molar-refractivity contribution in [2.45, 2.75) is 38.5 Å². The number of hydrogen-bond donors (Lipinski definition) is 1. The molecule has 2 fully saturated rings. The number of nitrogens with zero attached hydrogens (tertiary/aromatic N) is 2. The Labute approximate surface area is 208 Å². The van der Waals surface area contributed by atoms with Gasteiger partial charge in [0.15, 0.2) is 0 Å². The van der Waals surface area contributed by atoms with Crippen LogP contribution in [0.1, 0.15) is 36.8 Å². The summed E-state index contributed by atoms with van der Waals surface area (Å²) in [6.45, 7) is 3.08. The van der Waals surface area contributed by atoms with Gasteiger partial charge in [0, 0.05) is 37.1 Å². The van der Waals surface area contributed by atoms with Gasteiger partial charge >= 0.3 is 6.03 Å². The molecule has 3 aliphatic rings. The number of nitrogens with one attached hydrogen (secondary N) is 1. The number of amides is 3. The van der Waals surface area contributed by atoms with Gasteiger partial charge in [-0.05, 0) is 72.8 Å². The van der Waals surface area contributed by atoms with E-state index >= 15 is 0 Å². The van der Waals surface area contributed by atoms with Gasteiger partial charge in [0.2, 0.25) is 5.91 Å². The van der Waals surface area contributed by atoms with Crippen LogP contribution in [0.2, 0.25) is 5.02 Å². The fourth-order valence-corrected chi connectivity index (χ4v) is 6.42. The molecule has 2 heterocycles. The van der Waals surface area contributed by atoms with Gasteiger partial charge in [-0.3, -0.25) is 4.79 Å². The Morgan fingerprint density at radius 3 is 2.27 bits per heavy atom. The first-order valence-corrected chi connectivity index (χ1v) is 12.9. The predicted molar refractivity (Wildman–Crippen MR) is 135 cm³/mol. The Bertz CT molecular complexity index is 1040. The number of rotatable bonds is 3. The molecule has 174 valence electrons. The molecule has 1 aliphatic carbocycles. The van der Waals surface area contributed by atoms with Crippen LogP contribution >= 0.6 is 27.5 Å². The molecule has 33 heavy (non-hydrogen) atoms. The predicted octanol–water partition coefficient (Wildman–Crippen LogP) is 5.75. The molecule has 5 nitrogen and oxygen atoms in total. The van der Waals surface area contributed by atoms with E-state index in [1.807, 2.05) is 17.0 Å². The van der Waals surface area contributed by atoms with E-state index in [9.17, 15) is 9.59 Å². The van der Waals surface area contributed by atoms with E-state index < -0.39 is 0 Å². The van der Waals surface area contributed by atoms with Gasteiger partial charge in [0.1, 0.15) is 0 Å². The molecule has 2 aliphatic heterocycles. The second-order valence-corrected chi connectivity index (χ2v) is 11.2. The molecule has 5 rings (SSSR count). The molecular formula is C26H29BrClN3O2. The van der Waals surface area contributed by atoms with Gasteiger partial charge in [0.05, 0.1) is 10.7 Å². The zero-order chi connectivity index (χ0) is 23.0. The lowest BCUT2D eigenvalue weighted by Crippen LogP contribution is -2.45. The maximum Gasteiger partial charge on any atom is 0.321 e. The van der Waals surface area contributed by atoms with Crippen LogP contribution in [-0.2, 0) is 17.6 Å². The molecule has 0 aromatic heterocycles. The van der Waals surface area contributed by atoms with E-state index in [1.165, 1.54) is 11.1 Å². The first-order chi connectivity index (χ1) is 15.9. The number of carbonyl (C=O) groups excluding carboxylic acids is 2. The summed E-state index contributed by atoms with van der Waals surface area (Å²) in [4.78, 5) is 29.7. The third kappa shape index (κ3) is 4.92. The van der Waals surface area contributed by atoms with E-state index in [1.54, 1.807) is 6.07 Å². The van der Waals surface area contributed by atoms with E-state index in [-0.39, 0.29) is 11.4 Å². The summed E-state index contributed by atoms with van der Waals surface area (Å²) in [5.74, 6) is 0.724. The Morgan fingerprint density at radius 1 is 1.00 bits per heavy atom. The minimum absolute atomic E-state index is 0.101. The number of carbonyl (C=O) groups is 2. The first kappa shape index (κ1) is 22.7. The zero-order valence-corrected chi connectivity index (χ0v) is 21.0. The van der Waals surface area contributed by atoms with Gasteiger partial charge < -0.3 is 15.1 Å². The molecule has 0 atom stereocenters. The van der Waals surface area contributed by atoms with Gasteiger partial charge in [-0.25, -0.2) is 4.79 Å². The normalized spacial score (nSPS) is 19.7. The van der Waals surface area contributed by atoms with E-state index in [2.05, 4.69) is 50.4 Å². The van der Waals surface area contributed by atoms with Crippen molar-refractivity contribution in [1.29, 1.82) is 0 Å². The summed E-state index contributed by atoms with van der Waals surface area (Å²) in [6, 6.07) is 13.9. The third-order valence-corrected chi connectivity index (χ3v) is 8.48. The molecule has 2 saturated heterocycles. The van der Waals surface area contributed by atoms with Crippen LogP contribution in [0.3, 0.4) is 0 Å². The summed E-state index contributed by atoms with van der Waals surface area (Å²) in [7, 11) is 0. The Kier molecular flexibility index (Phi) is 6.41. The Balaban J connectivity index is 1.11. The minimum Gasteiger partial charge on any atom is -0.343 e. The van der Waals surface area contributed by atoms with Crippen LogP contribution in [-0.4, -0.2) is 47.9 Å². The standard InChI is InChI=1S/C26H29BrClN3O2/c27-21-5-6-23(22(28)16-21)29-25(33)31-12-9-26(17-31)7-10-30(11-8-26)24(32)15-18-13-19-3-1-2-4-20(19)14-18/h1-6,16,18H,7-15,17H2,(H,29,33). The van der Waals surface area contributed by atoms with Crippen molar-refractivity contribution in [2.75, 3.05) is 31.5 Å². The number of halogens is 2. The quantitative estimate of drug-likeness (QED) is 0.549. The largest absolute Gasteiger partial charge is 0.343 e. The summed E-state index contributed by atoms with van der Waals surface area (Å²) in [5, 5.41) is 3.46. The van der Waals surface area contributed by atoms with E-state index in [0.29, 0.717) is 29.0 Å². The van der Waals surface area contributed by atoms with Crippen LogP contribution in [0.5, 0.6) is 0 Å². The topological polar surface area (TPSA) is 52.7 Å². The van der Waals surface area contributed by atoms with Crippen molar-refractivity contribution in [3.63, 3.8) is 0 Å². The number of urea groups is 1. The number of piperidine rings is 1. The van der Waals surface area contributed by atoms with Gasteiger partial charge in [-0.2, -0.15) is 0 Å².